The van der Waals surface area contributed by atoms with Crippen LogP contribution in [0.1, 0.15) is 24.1 Å². The molecule has 0 aliphatic carbocycles. The fourth-order valence-electron chi connectivity index (χ4n) is 4.58. The van der Waals surface area contributed by atoms with E-state index in [2.05, 4.69) is 20.2 Å². The summed E-state index contributed by atoms with van der Waals surface area (Å²) in [5, 5.41) is 2.99. The molecule has 0 saturated carbocycles. The molecule has 1 N–H and O–H groups in total. The van der Waals surface area contributed by atoms with Gasteiger partial charge in [-0.15, -0.1) is 0 Å². The van der Waals surface area contributed by atoms with Crippen molar-refractivity contribution in [1.29, 1.82) is 0 Å². The average Bonchev–Trinajstić information content (AvgIpc) is 3.26. The molecule has 1 saturated heterocycles. The number of benzene rings is 1. The third-order valence-electron chi connectivity index (χ3n) is 6.27. The number of hydrogen-bond acceptors (Lipinski definition) is 4. The normalized spacial score (nSPS) is 17.0. The van der Waals surface area contributed by atoms with Crippen molar-refractivity contribution in [3.63, 3.8) is 0 Å². The second kappa shape index (κ2) is 8.96. The third-order valence-corrected chi connectivity index (χ3v) is 6.27. The molecule has 4 heterocycles. The van der Waals surface area contributed by atoms with E-state index in [1.807, 2.05) is 24.3 Å². The van der Waals surface area contributed by atoms with Crippen LogP contribution in [0.2, 0.25) is 0 Å². The number of rotatable bonds is 5. The van der Waals surface area contributed by atoms with Gasteiger partial charge >= 0.3 is 12.2 Å². The topological polar surface area (TPSA) is 61.4 Å². The Morgan fingerprint density at radius 1 is 1.12 bits per heavy atom. The number of carbonyl (C=O) groups is 1. The number of aryl methyl sites for hydroxylation is 1. The smallest absolute Gasteiger partial charge is 0.366 e. The van der Waals surface area contributed by atoms with E-state index in [0.717, 1.165) is 55.9 Å². The standard InChI is InChI=1S/C25H24F3N5O/c26-25(27,28)18-6-3-5-17(15-18)21-9-10-22-23(31-21)33(20-11-14-32(22)16-20)24(34)30-13-4-8-19-7-1-2-12-29-19/h1-3,5-7,9-10,12,15,20H,4,8,11,13-14,16H2,(H,30,34)/t20-/m0/s1. The van der Waals surface area contributed by atoms with Crippen molar-refractivity contribution in [2.75, 3.05) is 29.4 Å². The molecular formula is C25H24F3N5O. The summed E-state index contributed by atoms with van der Waals surface area (Å²) in [6.07, 6.45) is -0.365. The van der Waals surface area contributed by atoms with Crippen molar-refractivity contribution >= 4 is 17.5 Å². The highest BCUT2D eigenvalue weighted by atomic mass is 19.4. The van der Waals surface area contributed by atoms with Gasteiger partial charge in [-0.25, -0.2) is 9.78 Å². The van der Waals surface area contributed by atoms with E-state index < -0.39 is 11.7 Å². The van der Waals surface area contributed by atoms with E-state index in [-0.39, 0.29) is 12.1 Å². The number of nitrogens with zero attached hydrogens (tertiary/aromatic N) is 4. The van der Waals surface area contributed by atoms with Crippen LogP contribution in [0.15, 0.2) is 60.8 Å². The lowest BCUT2D eigenvalue weighted by Gasteiger charge is -2.36. The second-order valence-corrected chi connectivity index (χ2v) is 8.53. The molecule has 34 heavy (non-hydrogen) atoms. The summed E-state index contributed by atoms with van der Waals surface area (Å²) in [5.41, 5.74) is 1.84. The van der Waals surface area contributed by atoms with Gasteiger partial charge in [0.15, 0.2) is 5.82 Å². The van der Waals surface area contributed by atoms with E-state index in [0.29, 0.717) is 23.6 Å². The molecule has 0 spiro atoms. The Hall–Kier alpha value is -3.62. The average molecular weight is 467 g/mol. The number of carbonyl (C=O) groups excluding carboxylic acids is 1. The minimum absolute atomic E-state index is 0.0208. The van der Waals surface area contributed by atoms with Crippen LogP contribution in [0.3, 0.4) is 0 Å². The molecule has 1 fully saturated rings. The zero-order valence-electron chi connectivity index (χ0n) is 18.4. The molecule has 1 atom stereocenters. The van der Waals surface area contributed by atoms with Crippen LogP contribution < -0.4 is 15.1 Å². The largest absolute Gasteiger partial charge is 0.416 e. The van der Waals surface area contributed by atoms with Gasteiger partial charge in [-0.1, -0.05) is 18.2 Å². The first kappa shape index (κ1) is 22.2. The van der Waals surface area contributed by atoms with Crippen LogP contribution in [0.5, 0.6) is 0 Å². The Morgan fingerprint density at radius 3 is 2.79 bits per heavy atom. The molecule has 2 bridgehead atoms. The molecule has 2 aliphatic heterocycles. The maximum Gasteiger partial charge on any atom is 0.416 e. The molecule has 6 nitrogen and oxygen atoms in total. The number of anilines is 2. The Labute approximate surface area is 195 Å². The van der Waals surface area contributed by atoms with Gasteiger partial charge in [-0.3, -0.25) is 9.88 Å². The molecule has 1 aromatic carbocycles. The highest BCUT2D eigenvalue weighted by Gasteiger charge is 2.40. The SMILES string of the molecule is O=C(NCCCc1ccccn1)N1c2nc(-c3cccc(C(F)(F)F)c3)ccc2N2CC[C@H]1C2. The van der Waals surface area contributed by atoms with E-state index >= 15 is 0 Å². The maximum atomic E-state index is 13.2. The van der Waals surface area contributed by atoms with E-state index in [4.69, 9.17) is 0 Å². The fourth-order valence-corrected chi connectivity index (χ4v) is 4.58. The third kappa shape index (κ3) is 4.42. The van der Waals surface area contributed by atoms with Gasteiger partial charge in [0.25, 0.3) is 0 Å². The van der Waals surface area contributed by atoms with Gasteiger partial charge in [-0.2, -0.15) is 13.2 Å². The molecule has 5 rings (SSSR count). The zero-order chi connectivity index (χ0) is 23.7. The summed E-state index contributed by atoms with van der Waals surface area (Å²) in [5.74, 6) is 0.492. The first-order valence-electron chi connectivity index (χ1n) is 11.3. The lowest BCUT2D eigenvalue weighted by Crippen LogP contribution is -2.51. The van der Waals surface area contributed by atoms with Gasteiger partial charge in [0.05, 0.1) is 23.0 Å². The van der Waals surface area contributed by atoms with E-state index in [9.17, 15) is 18.0 Å². The Bertz CT molecular complexity index is 1180. The number of alkyl halides is 3. The quantitative estimate of drug-likeness (QED) is 0.542. The van der Waals surface area contributed by atoms with E-state index in [1.165, 1.54) is 6.07 Å². The summed E-state index contributed by atoms with van der Waals surface area (Å²) >= 11 is 0. The number of amides is 2. The highest BCUT2D eigenvalue weighted by molar-refractivity contribution is 5.97. The summed E-state index contributed by atoms with van der Waals surface area (Å²) in [6.45, 7) is 2.02. The van der Waals surface area contributed by atoms with Crippen molar-refractivity contribution in [1.82, 2.24) is 15.3 Å². The first-order chi connectivity index (χ1) is 16.4. The lowest BCUT2D eigenvalue weighted by molar-refractivity contribution is -0.137. The number of hydrogen-bond donors (Lipinski definition) is 1. The Kier molecular flexibility index (Phi) is 5.85. The van der Waals surface area contributed by atoms with Crippen molar-refractivity contribution in [3.05, 3.63) is 72.1 Å². The van der Waals surface area contributed by atoms with Crippen molar-refractivity contribution in [3.8, 4) is 11.3 Å². The molecule has 176 valence electrons. The van der Waals surface area contributed by atoms with E-state index in [1.54, 1.807) is 23.2 Å². The predicted molar refractivity (Wildman–Crippen MR) is 124 cm³/mol. The molecule has 0 unspecified atom stereocenters. The van der Waals surface area contributed by atoms with Gasteiger partial charge in [0.2, 0.25) is 0 Å². The summed E-state index contributed by atoms with van der Waals surface area (Å²) in [7, 11) is 0. The lowest BCUT2D eigenvalue weighted by atomic mass is 10.1. The van der Waals surface area contributed by atoms with Crippen LogP contribution >= 0.6 is 0 Å². The number of halogens is 3. The van der Waals surface area contributed by atoms with Crippen LogP contribution in [0.4, 0.5) is 29.5 Å². The van der Waals surface area contributed by atoms with Gasteiger partial charge in [-0.05, 0) is 55.7 Å². The number of aromatic nitrogens is 2. The number of fused-ring (bicyclic) bond motifs is 4. The van der Waals surface area contributed by atoms with Crippen LogP contribution in [-0.2, 0) is 12.6 Å². The summed E-state index contributed by atoms with van der Waals surface area (Å²) < 4.78 is 39.6. The van der Waals surface area contributed by atoms with Crippen molar-refractivity contribution < 1.29 is 18.0 Å². The zero-order valence-corrected chi connectivity index (χ0v) is 18.4. The minimum atomic E-state index is -4.43. The first-order valence-corrected chi connectivity index (χ1v) is 11.3. The van der Waals surface area contributed by atoms with Gasteiger partial charge in [0.1, 0.15) is 0 Å². The van der Waals surface area contributed by atoms with Crippen molar-refractivity contribution in [2.24, 2.45) is 0 Å². The monoisotopic (exact) mass is 467 g/mol. The molecule has 0 radical (unpaired) electrons. The number of urea groups is 1. The summed E-state index contributed by atoms with van der Waals surface area (Å²) in [4.78, 5) is 26.0. The van der Waals surface area contributed by atoms with Crippen LogP contribution in [-0.4, -0.2) is 41.7 Å². The molecule has 2 amide bonds. The van der Waals surface area contributed by atoms with Crippen LogP contribution in [0.25, 0.3) is 11.3 Å². The van der Waals surface area contributed by atoms with Gasteiger partial charge < -0.3 is 10.2 Å². The predicted octanol–water partition coefficient (Wildman–Crippen LogP) is 4.90. The van der Waals surface area contributed by atoms with Gasteiger partial charge in [0, 0.05) is 37.1 Å². The summed E-state index contributed by atoms with van der Waals surface area (Å²) in [6, 6.07) is 14.2. The Morgan fingerprint density at radius 2 is 2.00 bits per heavy atom. The minimum Gasteiger partial charge on any atom is -0.366 e. The van der Waals surface area contributed by atoms with Crippen LogP contribution in [0, 0.1) is 0 Å². The molecular weight excluding hydrogens is 443 g/mol. The number of pyridine rings is 2. The molecule has 9 heteroatoms. The number of nitrogens with one attached hydrogen (secondary N) is 1. The van der Waals surface area contributed by atoms with Crippen molar-refractivity contribution in [2.45, 2.75) is 31.5 Å². The fraction of sp³-hybridized carbons (Fsp3) is 0.320. The molecule has 3 aromatic rings. The second-order valence-electron chi connectivity index (χ2n) is 8.53. The molecule has 2 aliphatic rings. The molecule has 2 aromatic heterocycles. The Balaban J connectivity index is 1.36. The highest BCUT2D eigenvalue weighted by Crippen LogP contribution is 2.40. The maximum absolute atomic E-state index is 13.2.